The molecule has 0 unspecified atom stereocenters. The minimum absolute atomic E-state index is 0.0326. The second kappa shape index (κ2) is 6.20. The SMILES string of the molecule is O=C(CCC(F)(F)F)N1C[C@H]2CN(CC3CCC3)C[C@@]2(C(=O)O)C1. The molecule has 3 fully saturated rings. The molecule has 2 saturated heterocycles. The van der Waals surface area contributed by atoms with Crippen molar-refractivity contribution >= 4 is 11.9 Å². The van der Waals surface area contributed by atoms with Gasteiger partial charge in [0.1, 0.15) is 5.41 Å². The van der Waals surface area contributed by atoms with Gasteiger partial charge in [-0.1, -0.05) is 6.42 Å². The van der Waals surface area contributed by atoms with Crippen molar-refractivity contribution < 1.29 is 27.9 Å². The predicted octanol–water partition coefficient (Wildman–Crippen LogP) is 1.97. The lowest BCUT2D eigenvalue weighted by molar-refractivity contribution is -0.151. The standard InChI is InChI=1S/C16H23F3N2O3/c17-16(18,19)5-4-13(22)21-8-12-7-20(6-11-2-1-3-11)9-15(12,10-21)14(23)24/h11-12H,1-10H2,(H,23,24)/t12-,15-/m1/s1. The predicted molar refractivity (Wildman–Crippen MR) is 79.2 cm³/mol. The van der Waals surface area contributed by atoms with E-state index >= 15 is 0 Å². The summed E-state index contributed by atoms with van der Waals surface area (Å²) < 4.78 is 36.8. The molecule has 3 aliphatic rings. The molecule has 2 aliphatic heterocycles. The summed E-state index contributed by atoms with van der Waals surface area (Å²) >= 11 is 0. The zero-order valence-electron chi connectivity index (χ0n) is 13.5. The monoisotopic (exact) mass is 348 g/mol. The number of hydrogen-bond donors (Lipinski definition) is 1. The van der Waals surface area contributed by atoms with E-state index < -0.39 is 36.3 Å². The molecule has 0 bridgehead atoms. The molecule has 0 aromatic heterocycles. The second-order valence-electron chi connectivity index (χ2n) is 7.54. The molecule has 0 radical (unpaired) electrons. The third-order valence-electron chi connectivity index (χ3n) is 5.82. The number of carbonyl (C=O) groups is 2. The van der Waals surface area contributed by atoms with E-state index in [2.05, 4.69) is 4.90 Å². The maximum absolute atomic E-state index is 12.3. The molecule has 1 N–H and O–H groups in total. The van der Waals surface area contributed by atoms with Gasteiger partial charge in [-0.3, -0.25) is 9.59 Å². The minimum atomic E-state index is -4.37. The highest BCUT2D eigenvalue weighted by atomic mass is 19.4. The molecule has 24 heavy (non-hydrogen) atoms. The number of nitrogens with zero attached hydrogens (tertiary/aromatic N) is 2. The van der Waals surface area contributed by atoms with Gasteiger partial charge in [-0.05, 0) is 18.8 Å². The summed E-state index contributed by atoms with van der Waals surface area (Å²) in [6.45, 7) is 2.20. The minimum Gasteiger partial charge on any atom is -0.481 e. The van der Waals surface area contributed by atoms with Gasteiger partial charge in [0.2, 0.25) is 5.91 Å². The number of fused-ring (bicyclic) bond motifs is 1. The maximum Gasteiger partial charge on any atom is 0.389 e. The van der Waals surface area contributed by atoms with Gasteiger partial charge >= 0.3 is 12.1 Å². The molecule has 5 nitrogen and oxygen atoms in total. The van der Waals surface area contributed by atoms with Crippen LogP contribution in [0, 0.1) is 17.3 Å². The Morgan fingerprint density at radius 1 is 1.17 bits per heavy atom. The van der Waals surface area contributed by atoms with Crippen LogP contribution in [0.4, 0.5) is 13.2 Å². The van der Waals surface area contributed by atoms with E-state index in [1.807, 2.05) is 0 Å². The van der Waals surface area contributed by atoms with Crippen LogP contribution in [0.2, 0.25) is 0 Å². The Bertz CT molecular complexity index is 521. The summed E-state index contributed by atoms with van der Waals surface area (Å²) in [5.41, 5.74) is -1.02. The lowest BCUT2D eigenvalue weighted by Crippen LogP contribution is -2.43. The van der Waals surface area contributed by atoms with E-state index in [9.17, 15) is 27.9 Å². The second-order valence-corrected chi connectivity index (χ2v) is 7.54. The summed E-state index contributed by atoms with van der Waals surface area (Å²) in [6, 6.07) is 0. The molecule has 1 amide bonds. The summed E-state index contributed by atoms with van der Waals surface area (Å²) in [6.07, 6.45) is -2.52. The zero-order valence-corrected chi connectivity index (χ0v) is 13.5. The van der Waals surface area contributed by atoms with Crippen LogP contribution in [0.25, 0.3) is 0 Å². The van der Waals surface area contributed by atoms with Gasteiger partial charge in [-0.2, -0.15) is 13.2 Å². The number of amides is 1. The number of likely N-dealkylation sites (tertiary alicyclic amines) is 2. The van der Waals surface area contributed by atoms with Crippen LogP contribution in [0.3, 0.4) is 0 Å². The average Bonchev–Trinajstić information content (AvgIpc) is 2.94. The fraction of sp³-hybridized carbons (Fsp3) is 0.875. The first kappa shape index (κ1) is 17.5. The van der Waals surface area contributed by atoms with Crippen molar-refractivity contribution in [2.75, 3.05) is 32.7 Å². The van der Waals surface area contributed by atoms with Crippen molar-refractivity contribution in [2.45, 2.75) is 38.3 Å². The van der Waals surface area contributed by atoms with E-state index in [0.29, 0.717) is 19.0 Å². The highest BCUT2D eigenvalue weighted by Crippen LogP contribution is 2.44. The Balaban J connectivity index is 1.60. The van der Waals surface area contributed by atoms with E-state index in [1.165, 1.54) is 24.2 Å². The smallest absolute Gasteiger partial charge is 0.389 e. The van der Waals surface area contributed by atoms with Crippen LogP contribution in [-0.2, 0) is 9.59 Å². The molecule has 8 heteroatoms. The van der Waals surface area contributed by atoms with Gasteiger partial charge in [0, 0.05) is 45.1 Å². The number of carbonyl (C=O) groups excluding carboxylic acids is 1. The molecule has 136 valence electrons. The van der Waals surface area contributed by atoms with Crippen molar-refractivity contribution in [1.29, 1.82) is 0 Å². The van der Waals surface area contributed by atoms with Crippen LogP contribution in [0.15, 0.2) is 0 Å². The first-order valence-corrected chi connectivity index (χ1v) is 8.50. The van der Waals surface area contributed by atoms with Gasteiger partial charge < -0.3 is 14.9 Å². The van der Waals surface area contributed by atoms with Gasteiger partial charge in [-0.15, -0.1) is 0 Å². The van der Waals surface area contributed by atoms with E-state index in [1.54, 1.807) is 0 Å². The molecule has 0 spiro atoms. The normalized spacial score (nSPS) is 31.1. The van der Waals surface area contributed by atoms with Crippen LogP contribution in [0.5, 0.6) is 0 Å². The highest BCUT2D eigenvalue weighted by Gasteiger charge is 2.58. The number of carboxylic acids is 1. The summed E-state index contributed by atoms with van der Waals surface area (Å²) in [5, 5.41) is 9.71. The first-order valence-electron chi connectivity index (χ1n) is 8.50. The molecule has 0 aromatic carbocycles. The lowest BCUT2D eigenvalue weighted by atomic mass is 9.81. The van der Waals surface area contributed by atoms with Crippen LogP contribution >= 0.6 is 0 Å². The number of alkyl halides is 3. The highest BCUT2D eigenvalue weighted by molar-refractivity contribution is 5.81. The third kappa shape index (κ3) is 3.38. The molecule has 1 saturated carbocycles. The van der Waals surface area contributed by atoms with Gasteiger partial charge in [0.25, 0.3) is 0 Å². The van der Waals surface area contributed by atoms with Gasteiger partial charge in [-0.25, -0.2) is 0 Å². The van der Waals surface area contributed by atoms with Crippen molar-refractivity contribution in [3.05, 3.63) is 0 Å². The van der Waals surface area contributed by atoms with E-state index in [-0.39, 0.29) is 19.0 Å². The topological polar surface area (TPSA) is 60.9 Å². The molecule has 2 atom stereocenters. The molecular weight excluding hydrogens is 325 g/mol. The zero-order chi connectivity index (χ0) is 17.5. The molecule has 1 aliphatic carbocycles. The Morgan fingerprint density at radius 3 is 2.38 bits per heavy atom. The number of hydrogen-bond acceptors (Lipinski definition) is 3. The summed E-state index contributed by atoms with van der Waals surface area (Å²) in [4.78, 5) is 27.4. The number of rotatable bonds is 5. The summed E-state index contributed by atoms with van der Waals surface area (Å²) in [5.74, 6) is -1.08. The van der Waals surface area contributed by atoms with E-state index in [4.69, 9.17) is 0 Å². The number of carboxylic acid groups (broad SMARTS) is 1. The molecular formula is C16H23F3N2O3. The van der Waals surface area contributed by atoms with Gasteiger partial charge in [0.05, 0.1) is 6.42 Å². The van der Waals surface area contributed by atoms with E-state index in [0.717, 1.165) is 6.54 Å². The fourth-order valence-electron chi connectivity index (χ4n) is 4.25. The molecule has 2 heterocycles. The van der Waals surface area contributed by atoms with Crippen molar-refractivity contribution in [2.24, 2.45) is 17.3 Å². The first-order chi connectivity index (χ1) is 11.2. The lowest BCUT2D eigenvalue weighted by Gasteiger charge is -2.31. The maximum atomic E-state index is 12.3. The molecule has 0 aromatic rings. The Morgan fingerprint density at radius 2 is 1.88 bits per heavy atom. The average molecular weight is 348 g/mol. The number of aliphatic carboxylic acids is 1. The Labute approximate surface area is 138 Å². The molecule has 3 rings (SSSR count). The van der Waals surface area contributed by atoms with Crippen molar-refractivity contribution in [3.8, 4) is 0 Å². The third-order valence-corrected chi connectivity index (χ3v) is 5.82. The quantitative estimate of drug-likeness (QED) is 0.825. The Hall–Kier alpha value is -1.31. The van der Waals surface area contributed by atoms with Crippen molar-refractivity contribution in [1.82, 2.24) is 9.80 Å². The van der Waals surface area contributed by atoms with Crippen LogP contribution in [-0.4, -0.2) is 65.7 Å². The fourth-order valence-corrected chi connectivity index (χ4v) is 4.25. The number of halogens is 3. The Kier molecular flexibility index (Phi) is 4.53. The largest absolute Gasteiger partial charge is 0.481 e. The van der Waals surface area contributed by atoms with Gasteiger partial charge in [0.15, 0.2) is 0 Å². The van der Waals surface area contributed by atoms with Crippen LogP contribution in [0.1, 0.15) is 32.1 Å². The van der Waals surface area contributed by atoms with Crippen molar-refractivity contribution in [3.63, 3.8) is 0 Å². The summed E-state index contributed by atoms with van der Waals surface area (Å²) in [7, 11) is 0. The van der Waals surface area contributed by atoms with Crippen LogP contribution < -0.4 is 0 Å².